The lowest BCUT2D eigenvalue weighted by Gasteiger charge is -2.38. The van der Waals surface area contributed by atoms with Crippen molar-refractivity contribution in [2.45, 2.75) is 63.1 Å². The number of methoxy groups -OCH3 is 1. The number of carbonyl (C=O) groups is 1. The number of nitrogens with one attached hydrogen (secondary N) is 2. The first-order valence-corrected chi connectivity index (χ1v) is 9.15. The van der Waals surface area contributed by atoms with Gasteiger partial charge in [0.2, 0.25) is 0 Å². The minimum Gasteiger partial charge on any atom is -0.494 e. The van der Waals surface area contributed by atoms with E-state index in [4.69, 9.17) is 4.74 Å². The van der Waals surface area contributed by atoms with Gasteiger partial charge in [0.15, 0.2) is 11.6 Å². The van der Waals surface area contributed by atoms with Crippen molar-refractivity contribution in [2.24, 2.45) is 5.92 Å². The molecular weight excluding hydrogens is 323 g/mol. The minimum absolute atomic E-state index is 0.111. The summed E-state index contributed by atoms with van der Waals surface area (Å²) >= 11 is 0. The number of aliphatic hydroxyl groups is 1. The summed E-state index contributed by atoms with van der Waals surface area (Å²) in [6, 6.07) is 4.46. The molecule has 3 N–H and O–H groups in total. The van der Waals surface area contributed by atoms with Crippen LogP contribution in [0.3, 0.4) is 0 Å². The topological polar surface area (TPSA) is 70.6 Å². The molecule has 1 atom stereocenters. The first-order chi connectivity index (χ1) is 12.1. The van der Waals surface area contributed by atoms with Gasteiger partial charge in [-0.3, -0.25) is 0 Å². The summed E-state index contributed by atoms with van der Waals surface area (Å²) in [6.45, 7) is 0. The summed E-state index contributed by atoms with van der Waals surface area (Å²) in [5, 5.41) is 15.7. The standard InChI is InChI=1S/C19H27FN2O3/c1-25-17-8-7-12(11-16(17)20)18(13-9-15(23)10-13)22-19(24)21-14-5-3-2-4-6-14/h7-8,11,13-15,18,23H,2-6,9-10H2,1H3,(H2,21,22,24)/t13?,15?,18-/m0/s1. The van der Waals surface area contributed by atoms with Crippen molar-refractivity contribution in [3.8, 4) is 5.75 Å². The number of hydrogen-bond donors (Lipinski definition) is 3. The number of aliphatic hydroxyl groups excluding tert-OH is 1. The fraction of sp³-hybridized carbons (Fsp3) is 0.632. The monoisotopic (exact) mass is 350 g/mol. The first kappa shape index (κ1) is 18.0. The second-order valence-corrected chi connectivity index (χ2v) is 7.21. The van der Waals surface area contributed by atoms with Crippen LogP contribution in [0.5, 0.6) is 5.75 Å². The Morgan fingerprint density at radius 1 is 1.28 bits per heavy atom. The molecule has 2 aliphatic rings. The van der Waals surface area contributed by atoms with E-state index in [-0.39, 0.29) is 35.9 Å². The number of hydrogen-bond acceptors (Lipinski definition) is 3. The van der Waals surface area contributed by atoms with Crippen molar-refractivity contribution in [2.75, 3.05) is 7.11 Å². The van der Waals surface area contributed by atoms with Gasteiger partial charge in [0.05, 0.1) is 19.3 Å². The van der Waals surface area contributed by atoms with Gasteiger partial charge in [-0.2, -0.15) is 0 Å². The second kappa shape index (κ2) is 8.04. The van der Waals surface area contributed by atoms with Gasteiger partial charge < -0.3 is 20.5 Å². The molecule has 5 nitrogen and oxygen atoms in total. The van der Waals surface area contributed by atoms with E-state index in [0.717, 1.165) is 25.7 Å². The van der Waals surface area contributed by atoms with Crippen molar-refractivity contribution in [1.82, 2.24) is 10.6 Å². The number of benzene rings is 1. The Labute approximate surface area is 147 Å². The predicted octanol–water partition coefficient (Wildman–Crippen LogP) is 3.28. The lowest BCUT2D eigenvalue weighted by Crippen LogP contribution is -2.48. The molecule has 0 saturated heterocycles. The third kappa shape index (κ3) is 4.42. The molecule has 2 aliphatic carbocycles. The smallest absolute Gasteiger partial charge is 0.315 e. The fourth-order valence-electron chi connectivity index (χ4n) is 3.87. The van der Waals surface area contributed by atoms with Gasteiger partial charge in [-0.05, 0) is 49.3 Å². The highest BCUT2D eigenvalue weighted by Gasteiger charge is 2.36. The third-order valence-corrected chi connectivity index (χ3v) is 5.38. The Balaban J connectivity index is 1.69. The zero-order valence-corrected chi connectivity index (χ0v) is 14.6. The van der Waals surface area contributed by atoms with Gasteiger partial charge >= 0.3 is 6.03 Å². The van der Waals surface area contributed by atoms with E-state index in [9.17, 15) is 14.3 Å². The maximum Gasteiger partial charge on any atom is 0.315 e. The Hall–Kier alpha value is -1.82. The molecule has 0 heterocycles. The Bertz CT molecular complexity index is 598. The van der Waals surface area contributed by atoms with Gasteiger partial charge in [0, 0.05) is 6.04 Å². The predicted molar refractivity (Wildman–Crippen MR) is 93.0 cm³/mol. The largest absolute Gasteiger partial charge is 0.494 e. The van der Waals surface area contributed by atoms with Crippen LogP contribution in [-0.4, -0.2) is 30.4 Å². The molecule has 138 valence electrons. The molecule has 25 heavy (non-hydrogen) atoms. The number of rotatable bonds is 5. The van der Waals surface area contributed by atoms with Crippen LogP contribution in [-0.2, 0) is 0 Å². The zero-order chi connectivity index (χ0) is 17.8. The molecule has 1 aromatic carbocycles. The highest BCUT2D eigenvalue weighted by atomic mass is 19.1. The average Bonchev–Trinajstić information content (AvgIpc) is 2.58. The molecule has 2 fully saturated rings. The van der Waals surface area contributed by atoms with Crippen LogP contribution >= 0.6 is 0 Å². The highest BCUT2D eigenvalue weighted by Crippen LogP contribution is 2.39. The van der Waals surface area contributed by atoms with Gasteiger partial charge in [-0.15, -0.1) is 0 Å². The summed E-state index contributed by atoms with van der Waals surface area (Å²) in [5.74, 6) is -0.151. The summed E-state index contributed by atoms with van der Waals surface area (Å²) < 4.78 is 19.0. The maximum atomic E-state index is 14.1. The first-order valence-electron chi connectivity index (χ1n) is 9.15. The summed E-state index contributed by atoms with van der Waals surface area (Å²) in [7, 11) is 1.42. The molecule has 1 aromatic rings. The minimum atomic E-state index is -0.445. The second-order valence-electron chi connectivity index (χ2n) is 7.21. The number of carbonyl (C=O) groups excluding carboxylic acids is 1. The Kier molecular flexibility index (Phi) is 5.78. The van der Waals surface area contributed by atoms with Crippen molar-refractivity contribution >= 4 is 6.03 Å². The SMILES string of the molecule is COc1ccc([C@H](NC(=O)NC2CCCCC2)C2CC(O)C2)cc1F. The molecule has 3 rings (SSSR count). The normalized spacial score (nSPS) is 24.9. The van der Waals surface area contributed by atoms with Gasteiger partial charge in [-0.25, -0.2) is 9.18 Å². The molecule has 6 heteroatoms. The number of amides is 2. The fourth-order valence-corrected chi connectivity index (χ4v) is 3.87. The molecule has 0 radical (unpaired) electrons. The summed E-state index contributed by atoms with van der Waals surface area (Å²) in [5.41, 5.74) is 0.703. The van der Waals surface area contributed by atoms with E-state index in [0.29, 0.717) is 18.4 Å². The summed E-state index contributed by atoms with van der Waals surface area (Å²) in [4.78, 5) is 12.4. The lowest BCUT2D eigenvalue weighted by atomic mass is 9.75. The van der Waals surface area contributed by atoms with Gasteiger partial charge in [0.1, 0.15) is 0 Å². The highest BCUT2D eigenvalue weighted by molar-refractivity contribution is 5.75. The quantitative estimate of drug-likeness (QED) is 0.763. The number of ether oxygens (including phenoxy) is 1. The molecule has 0 spiro atoms. The van der Waals surface area contributed by atoms with Crippen molar-refractivity contribution in [1.29, 1.82) is 0 Å². The maximum absolute atomic E-state index is 14.1. The number of urea groups is 1. The van der Waals surface area contributed by atoms with E-state index in [1.807, 2.05) is 0 Å². The van der Waals surface area contributed by atoms with Crippen molar-refractivity contribution in [3.63, 3.8) is 0 Å². The van der Waals surface area contributed by atoms with E-state index in [1.54, 1.807) is 12.1 Å². The van der Waals surface area contributed by atoms with Crippen LogP contribution < -0.4 is 15.4 Å². The average molecular weight is 350 g/mol. The Morgan fingerprint density at radius 2 is 2.00 bits per heavy atom. The van der Waals surface area contributed by atoms with Crippen molar-refractivity contribution < 1.29 is 19.0 Å². The van der Waals surface area contributed by atoms with E-state index in [2.05, 4.69) is 10.6 Å². The van der Waals surface area contributed by atoms with E-state index < -0.39 is 5.82 Å². The van der Waals surface area contributed by atoms with Gasteiger partial charge in [0.25, 0.3) is 0 Å². The van der Waals surface area contributed by atoms with Crippen LogP contribution in [0.15, 0.2) is 18.2 Å². The molecule has 0 aliphatic heterocycles. The lowest BCUT2D eigenvalue weighted by molar-refractivity contribution is 0.0258. The van der Waals surface area contributed by atoms with Crippen LogP contribution in [0.1, 0.15) is 56.6 Å². The summed E-state index contributed by atoms with van der Waals surface area (Å²) in [6.07, 6.45) is 6.44. The zero-order valence-electron chi connectivity index (χ0n) is 14.6. The molecule has 0 unspecified atom stereocenters. The van der Waals surface area contributed by atoms with Crippen LogP contribution in [0.4, 0.5) is 9.18 Å². The van der Waals surface area contributed by atoms with Gasteiger partial charge in [-0.1, -0.05) is 25.3 Å². The van der Waals surface area contributed by atoms with Crippen molar-refractivity contribution in [3.05, 3.63) is 29.6 Å². The molecule has 0 aromatic heterocycles. The van der Waals surface area contributed by atoms with Crippen LogP contribution in [0.2, 0.25) is 0 Å². The Morgan fingerprint density at radius 3 is 2.60 bits per heavy atom. The third-order valence-electron chi connectivity index (χ3n) is 5.38. The molecule has 2 saturated carbocycles. The number of halogens is 1. The molecular formula is C19H27FN2O3. The molecule has 0 bridgehead atoms. The molecule has 2 amide bonds. The van der Waals surface area contributed by atoms with Crippen LogP contribution in [0.25, 0.3) is 0 Å². The van der Waals surface area contributed by atoms with Crippen LogP contribution in [0, 0.1) is 11.7 Å². The van der Waals surface area contributed by atoms with E-state index in [1.165, 1.54) is 19.6 Å². The van der Waals surface area contributed by atoms with E-state index >= 15 is 0 Å².